The molecule has 0 unspecified atom stereocenters. The highest BCUT2D eigenvalue weighted by Crippen LogP contribution is 2.49. The monoisotopic (exact) mass is 458 g/mol. The predicted molar refractivity (Wildman–Crippen MR) is 133 cm³/mol. The van der Waals surface area contributed by atoms with E-state index in [-0.39, 0.29) is 0 Å². The van der Waals surface area contributed by atoms with Crippen LogP contribution < -0.4 is 9.47 Å². The molecule has 4 heteroatoms. The third-order valence-electron chi connectivity index (χ3n) is 7.64. The molecule has 2 aliphatic rings. The van der Waals surface area contributed by atoms with Crippen molar-refractivity contribution in [2.45, 2.75) is 63.4 Å². The minimum absolute atomic E-state index is 0.400. The van der Waals surface area contributed by atoms with E-state index in [1.165, 1.54) is 12.8 Å². The Balaban J connectivity index is 1.41. The highest BCUT2D eigenvalue weighted by atomic mass is 16.5. The summed E-state index contributed by atoms with van der Waals surface area (Å²) in [6.45, 7) is 0.830. The lowest BCUT2D eigenvalue weighted by Gasteiger charge is -2.47. The standard InChI is InChI=1S/C30H34O4/c31-29-17-24-13-7-8-14-25(24)19-30(29,32)26-15-16-27(33-20-22-9-3-1-4-10-22)28(18-26)34-21-23-11-5-2-6-12-23/h1-6,9-12,15-16,18,24-25,29,31-32H,7-8,13-14,17,19-21H2/t24-,25+,29+,30+/m1/s1. The van der Waals surface area contributed by atoms with E-state index in [0.29, 0.717) is 55.0 Å². The molecule has 34 heavy (non-hydrogen) atoms. The summed E-state index contributed by atoms with van der Waals surface area (Å²) in [6.07, 6.45) is 5.23. The summed E-state index contributed by atoms with van der Waals surface area (Å²) in [7, 11) is 0. The second-order valence-electron chi connectivity index (χ2n) is 9.89. The van der Waals surface area contributed by atoms with Crippen molar-refractivity contribution in [2.75, 3.05) is 0 Å². The van der Waals surface area contributed by atoms with Crippen LogP contribution in [0.5, 0.6) is 11.5 Å². The topological polar surface area (TPSA) is 58.9 Å². The van der Waals surface area contributed by atoms with Crippen LogP contribution in [0.25, 0.3) is 0 Å². The third-order valence-corrected chi connectivity index (χ3v) is 7.64. The van der Waals surface area contributed by atoms with Crippen molar-refractivity contribution in [3.05, 3.63) is 95.6 Å². The van der Waals surface area contributed by atoms with Crippen LogP contribution in [-0.2, 0) is 18.8 Å². The van der Waals surface area contributed by atoms with Crippen LogP contribution in [0.3, 0.4) is 0 Å². The molecule has 2 N–H and O–H groups in total. The van der Waals surface area contributed by atoms with E-state index in [0.717, 1.165) is 24.0 Å². The number of aliphatic hydroxyl groups is 2. The molecule has 3 aromatic carbocycles. The van der Waals surface area contributed by atoms with Gasteiger partial charge in [0.2, 0.25) is 0 Å². The molecular formula is C30H34O4. The Hall–Kier alpha value is -2.82. The second kappa shape index (κ2) is 10.2. The maximum absolute atomic E-state index is 11.7. The van der Waals surface area contributed by atoms with Crippen molar-refractivity contribution in [3.63, 3.8) is 0 Å². The van der Waals surface area contributed by atoms with Gasteiger partial charge in [-0.3, -0.25) is 0 Å². The Morgan fingerprint density at radius 3 is 1.97 bits per heavy atom. The first-order valence-electron chi connectivity index (χ1n) is 12.5. The molecule has 3 aromatic rings. The van der Waals surface area contributed by atoms with Crippen LogP contribution in [0, 0.1) is 11.8 Å². The van der Waals surface area contributed by atoms with Gasteiger partial charge in [0.1, 0.15) is 18.8 Å². The van der Waals surface area contributed by atoms with Gasteiger partial charge >= 0.3 is 0 Å². The van der Waals surface area contributed by atoms with Crippen LogP contribution >= 0.6 is 0 Å². The third kappa shape index (κ3) is 4.98. The van der Waals surface area contributed by atoms with Gasteiger partial charge in [-0.25, -0.2) is 0 Å². The van der Waals surface area contributed by atoms with Crippen molar-refractivity contribution in [1.29, 1.82) is 0 Å². The van der Waals surface area contributed by atoms with Crippen molar-refractivity contribution >= 4 is 0 Å². The molecule has 0 saturated heterocycles. The maximum atomic E-state index is 11.7. The zero-order valence-electron chi connectivity index (χ0n) is 19.6. The average Bonchev–Trinajstić information content (AvgIpc) is 2.88. The van der Waals surface area contributed by atoms with Gasteiger partial charge in [-0.15, -0.1) is 0 Å². The van der Waals surface area contributed by atoms with Crippen LogP contribution in [0.15, 0.2) is 78.9 Å². The summed E-state index contributed by atoms with van der Waals surface area (Å²) in [4.78, 5) is 0. The first kappa shape index (κ1) is 22.9. The maximum Gasteiger partial charge on any atom is 0.162 e. The molecule has 4 atom stereocenters. The number of ether oxygens (including phenoxy) is 2. The molecule has 0 bridgehead atoms. The van der Waals surface area contributed by atoms with E-state index < -0.39 is 11.7 Å². The van der Waals surface area contributed by atoms with E-state index in [1.807, 2.05) is 78.9 Å². The predicted octanol–water partition coefficient (Wildman–Crippen LogP) is 5.99. The number of hydrogen-bond acceptors (Lipinski definition) is 4. The quantitative estimate of drug-likeness (QED) is 0.456. The lowest BCUT2D eigenvalue weighted by atomic mass is 9.63. The fourth-order valence-electron chi connectivity index (χ4n) is 5.67. The SMILES string of the molecule is O[C@H]1C[C@H]2CCCC[C@H]2C[C@]1(O)c1ccc(OCc2ccccc2)c(OCc2ccccc2)c1. The number of rotatable bonds is 7. The highest BCUT2D eigenvalue weighted by Gasteiger charge is 2.47. The number of aliphatic hydroxyl groups excluding tert-OH is 1. The molecule has 0 radical (unpaired) electrons. The summed E-state index contributed by atoms with van der Waals surface area (Å²) < 4.78 is 12.3. The molecule has 0 amide bonds. The second-order valence-corrected chi connectivity index (χ2v) is 9.89. The summed E-state index contributed by atoms with van der Waals surface area (Å²) in [5.74, 6) is 2.20. The Kier molecular flexibility index (Phi) is 6.89. The molecule has 0 aromatic heterocycles. The lowest BCUT2D eigenvalue weighted by Crippen LogP contribution is -2.48. The lowest BCUT2D eigenvalue weighted by molar-refractivity contribution is -0.141. The minimum atomic E-state index is -1.26. The van der Waals surface area contributed by atoms with Gasteiger partial charge in [0.05, 0.1) is 6.10 Å². The average molecular weight is 459 g/mol. The van der Waals surface area contributed by atoms with Gasteiger partial charge in [-0.1, -0.05) is 92.4 Å². The van der Waals surface area contributed by atoms with E-state index in [2.05, 4.69) is 0 Å². The molecule has 5 rings (SSSR count). The Morgan fingerprint density at radius 1 is 0.735 bits per heavy atom. The highest BCUT2D eigenvalue weighted by molar-refractivity contribution is 5.45. The normalized spacial score (nSPS) is 26.5. The van der Waals surface area contributed by atoms with E-state index in [9.17, 15) is 10.2 Å². The summed E-state index contributed by atoms with van der Waals surface area (Å²) in [6, 6.07) is 25.7. The Bertz CT molecular complexity index is 1070. The molecule has 0 heterocycles. The van der Waals surface area contributed by atoms with Crippen molar-refractivity contribution in [1.82, 2.24) is 0 Å². The van der Waals surface area contributed by atoms with E-state index in [1.54, 1.807) is 0 Å². The minimum Gasteiger partial charge on any atom is -0.485 e. The fraction of sp³-hybridized carbons (Fsp3) is 0.400. The number of hydrogen-bond donors (Lipinski definition) is 2. The van der Waals surface area contributed by atoms with Gasteiger partial charge in [0.25, 0.3) is 0 Å². The van der Waals surface area contributed by atoms with Gasteiger partial charge in [-0.05, 0) is 53.5 Å². The molecule has 2 aliphatic carbocycles. The van der Waals surface area contributed by atoms with E-state index in [4.69, 9.17) is 9.47 Å². The molecular weight excluding hydrogens is 424 g/mol. The Morgan fingerprint density at radius 2 is 1.32 bits per heavy atom. The zero-order chi connectivity index (χ0) is 23.4. The first-order valence-corrected chi connectivity index (χ1v) is 12.5. The largest absolute Gasteiger partial charge is 0.485 e. The summed E-state index contributed by atoms with van der Waals surface area (Å²) in [5, 5.41) is 22.7. The van der Waals surface area contributed by atoms with E-state index >= 15 is 0 Å². The number of benzene rings is 3. The summed E-state index contributed by atoms with van der Waals surface area (Å²) >= 11 is 0. The smallest absolute Gasteiger partial charge is 0.162 e. The fourth-order valence-corrected chi connectivity index (χ4v) is 5.67. The van der Waals surface area contributed by atoms with Crippen LogP contribution in [0.1, 0.15) is 55.2 Å². The van der Waals surface area contributed by atoms with Crippen LogP contribution in [0.2, 0.25) is 0 Å². The van der Waals surface area contributed by atoms with Gasteiger partial charge in [0, 0.05) is 0 Å². The zero-order valence-corrected chi connectivity index (χ0v) is 19.6. The molecule has 178 valence electrons. The first-order chi connectivity index (χ1) is 16.6. The molecule has 2 fully saturated rings. The van der Waals surface area contributed by atoms with Crippen molar-refractivity contribution in [3.8, 4) is 11.5 Å². The van der Waals surface area contributed by atoms with Crippen molar-refractivity contribution in [2.24, 2.45) is 11.8 Å². The Labute approximate surface area is 202 Å². The molecule has 0 aliphatic heterocycles. The molecule has 4 nitrogen and oxygen atoms in total. The van der Waals surface area contributed by atoms with Crippen LogP contribution in [-0.4, -0.2) is 16.3 Å². The molecule has 0 spiro atoms. The molecule has 2 saturated carbocycles. The number of fused-ring (bicyclic) bond motifs is 1. The summed E-state index contributed by atoms with van der Waals surface area (Å²) in [5.41, 5.74) is 1.58. The van der Waals surface area contributed by atoms with Gasteiger partial charge in [-0.2, -0.15) is 0 Å². The van der Waals surface area contributed by atoms with Crippen LogP contribution in [0.4, 0.5) is 0 Å². The van der Waals surface area contributed by atoms with Gasteiger partial charge < -0.3 is 19.7 Å². The van der Waals surface area contributed by atoms with Gasteiger partial charge in [0.15, 0.2) is 11.5 Å². The van der Waals surface area contributed by atoms with Crippen molar-refractivity contribution < 1.29 is 19.7 Å².